The Morgan fingerprint density at radius 1 is 1.31 bits per heavy atom. The van der Waals surface area contributed by atoms with Crippen LogP contribution in [0.25, 0.3) is 0 Å². The van der Waals surface area contributed by atoms with Gasteiger partial charge in [-0.3, -0.25) is 23.6 Å². The molecule has 45 heavy (non-hydrogen) atoms. The zero-order chi connectivity index (χ0) is 33.1. The minimum absolute atomic E-state index is 0.0518. The summed E-state index contributed by atoms with van der Waals surface area (Å²) in [5.41, 5.74) is -0.423. The number of rotatable bonds is 12. The van der Waals surface area contributed by atoms with Gasteiger partial charge in [0.25, 0.3) is 0 Å². The Morgan fingerprint density at radius 2 is 2.04 bits per heavy atom. The lowest BCUT2D eigenvalue weighted by molar-refractivity contribution is -0.146. The molecule has 248 valence electrons. The number of benzene rings is 1. The number of carbonyl (C=O) groups excluding carboxylic acids is 2. The molecule has 2 aromatic rings. The van der Waals surface area contributed by atoms with E-state index < -0.39 is 69.1 Å². The number of aliphatic hydroxyl groups excluding tert-OH is 1. The van der Waals surface area contributed by atoms with Crippen LogP contribution in [0.5, 0.6) is 5.75 Å². The molecule has 14 nitrogen and oxygen atoms in total. The largest absolute Gasteiger partial charge is 0.462 e. The predicted molar refractivity (Wildman–Crippen MR) is 157 cm³/mol. The second-order valence-corrected chi connectivity index (χ2v) is 13.1. The number of hydrogen-bond acceptors (Lipinski definition) is 11. The van der Waals surface area contributed by atoms with Gasteiger partial charge < -0.3 is 24.4 Å². The fraction of sp³-hybridized carbons (Fsp3) is 0.556. The van der Waals surface area contributed by atoms with Crippen LogP contribution in [0.3, 0.4) is 0 Å². The predicted octanol–water partition coefficient (Wildman–Crippen LogP) is 2.88. The number of ether oxygens (including phenoxy) is 2. The fourth-order valence-corrected chi connectivity index (χ4v) is 6.39. The minimum Gasteiger partial charge on any atom is -0.462 e. The van der Waals surface area contributed by atoms with Gasteiger partial charge in [-0.15, -0.1) is 0 Å². The average Bonchev–Trinajstić information content (AvgIpc) is 3.48. The van der Waals surface area contributed by atoms with E-state index in [-0.39, 0.29) is 22.5 Å². The monoisotopic (exact) mass is 677 g/mol. The zero-order valence-electron chi connectivity index (χ0n) is 24.9. The van der Waals surface area contributed by atoms with E-state index in [1.54, 1.807) is 33.9 Å². The third-order valence-electron chi connectivity index (χ3n) is 7.04. The molecule has 2 aliphatic rings. The lowest BCUT2D eigenvalue weighted by atomic mass is 10.1. The highest BCUT2D eigenvalue weighted by Crippen LogP contribution is 2.48. The van der Waals surface area contributed by atoms with Crippen molar-refractivity contribution in [3.63, 3.8) is 0 Å². The van der Waals surface area contributed by atoms with Crippen LogP contribution in [0.2, 0.25) is 5.02 Å². The highest BCUT2D eigenvalue weighted by molar-refractivity contribution is 7.52. The Balaban J connectivity index is 1.48. The molecule has 1 amide bonds. The van der Waals surface area contributed by atoms with Gasteiger partial charge in [-0.1, -0.05) is 17.7 Å². The van der Waals surface area contributed by atoms with Gasteiger partial charge in [-0.2, -0.15) is 13.8 Å². The number of likely N-dealkylation sites (tertiary alicyclic amines) is 1. The van der Waals surface area contributed by atoms with Crippen LogP contribution in [-0.4, -0.2) is 88.5 Å². The molecule has 3 unspecified atom stereocenters. The van der Waals surface area contributed by atoms with Gasteiger partial charge in [-0.25, -0.2) is 14.4 Å². The molecule has 1 aromatic heterocycles. The Bertz CT molecular complexity index is 1510. The van der Waals surface area contributed by atoms with Crippen LogP contribution in [0.4, 0.5) is 14.6 Å². The first kappa shape index (κ1) is 34.9. The molecular weight excluding hydrogens is 643 g/mol. The molecule has 0 radical (unpaired) electrons. The third-order valence-corrected chi connectivity index (χ3v) is 8.80. The number of nitrogens with zero attached hydrogens (tertiary/aromatic N) is 3. The molecule has 4 rings (SSSR count). The van der Waals surface area contributed by atoms with Gasteiger partial charge in [-0.05, 0) is 71.0 Å². The Morgan fingerprint density at radius 3 is 2.67 bits per heavy atom. The van der Waals surface area contributed by atoms with E-state index in [9.17, 15) is 24.1 Å². The summed E-state index contributed by atoms with van der Waals surface area (Å²) in [7, 11) is -2.75. The molecule has 0 bridgehead atoms. The quantitative estimate of drug-likeness (QED) is 0.222. The van der Waals surface area contributed by atoms with Crippen molar-refractivity contribution in [2.45, 2.75) is 70.1 Å². The maximum absolute atomic E-state index is 15.2. The SMILES string of the molecule is Cc1ccc(OP(=O)(NCC(=O)OC(C)C)OCC2OC(n3ccc(NC(=O)[C@@H]4CCCN4C)nc3=O)C(F)(F)[C@@H]2O)c(Cl)c1. The standard InChI is InChI=1S/C27H35ClF2N5O9P/c1-15(2)42-22(36)13-31-45(40,44-19-8-7-16(3)12-17(19)28)41-14-20-23(37)27(29,30)25(43-20)35-11-9-21(33-26(35)39)32-24(38)18-6-5-10-34(18)4/h7-9,11-12,15,18,20,23,25,37H,5-6,10,13-14H2,1-4H3,(H,31,40)(H,32,33,38,39)/t18-,20?,23+,25?,45?/m0/s1. The number of likely N-dealkylation sites (N-methyl/N-ethyl adjacent to an activating group) is 1. The van der Waals surface area contributed by atoms with Gasteiger partial charge in [0, 0.05) is 6.20 Å². The molecule has 0 aliphatic carbocycles. The summed E-state index contributed by atoms with van der Waals surface area (Å²) in [5, 5.41) is 15.3. The molecule has 3 N–H and O–H groups in total. The normalized spacial score (nSPS) is 24.4. The summed E-state index contributed by atoms with van der Waals surface area (Å²) in [5.74, 6) is -5.47. The van der Waals surface area contributed by atoms with E-state index in [0.29, 0.717) is 11.0 Å². The van der Waals surface area contributed by atoms with Crippen molar-refractivity contribution in [1.82, 2.24) is 19.5 Å². The van der Waals surface area contributed by atoms with Crippen molar-refractivity contribution in [3.05, 3.63) is 51.5 Å². The van der Waals surface area contributed by atoms with Crippen molar-refractivity contribution >= 4 is 37.0 Å². The van der Waals surface area contributed by atoms with Crippen LogP contribution >= 0.6 is 19.3 Å². The Kier molecular flexibility index (Phi) is 11.0. The molecule has 2 saturated heterocycles. The van der Waals surface area contributed by atoms with E-state index in [4.69, 9.17) is 30.1 Å². The van der Waals surface area contributed by atoms with Gasteiger partial charge in [0.1, 0.15) is 24.2 Å². The van der Waals surface area contributed by atoms with E-state index in [0.717, 1.165) is 30.8 Å². The van der Waals surface area contributed by atoms with Crippen molar-refractivity contribution in [2.24, 2.45) is 0 Å². The van der Waals surface area contributed by atoms with Crippen LogP contribution in [0.15, 0.2) is 35.3 Å². The molecule has 0 spiro atoms. The second kappa shape index (κ2) is 14.2. The summed E-state index contributed by atoms with van der Waals surface area (Å²) in [6, 6.07) is 5.24. The summed E-state index contributed by atoms with van der Waals surface area (Å²) >= 11 is 6.19. The van der Waals surface area contributed by atoms with Crippen molar-refractivity contribution in [3.8, 4) is 5.75 Å². The number of anilines is 1. The summed E-state index contributed by atoms with van der Waals surface area (Å²) < 4.78 is 65.7. The first-order valence-electron chi connectivity index (χ1n) is 14.1. The number of alkyl halides is 2. The first-order chi connectivity index (χ1) is 21.1. The van der Waals surface area contributed by atoms with E-state index in [2.05, 4.69) is 15.4 Å². The highest BCUT2D eigenvalue weighted by atomic mass is 35.5. The van der Waals surface area contributed by atoms with Gasteiger partial charge in [0.15, 0.2) is 6.10 Å². The van der Waals surface area contributed by atoms with Gasteiger partial charge in [0.2, 0.25) is 12.1 Å². The van der Waals surface area contributed by atoms with Crippen molar-refractivity contribution < 1.29 is 46.6 Å². The zero-order valence-corrected chi connectivity index (χ0v) is 26.6. The van der Waals surface area contributed by atoms with E-state index >= 15 is 8.78 Å². The number of aliphatic hydroxyl groups is 1. The Hall–Kier alpha value is -2.98. The lowest BCUT2D eigenvalue weighted by Crippen LogP contribution is -2.42. The van der Waals surface area contributed by atoms with Gasteiger partial charge in [0.05, 0.1) is 23.8 Å². The van der Waals surface area contributed by atoms with Crippen LogP contribution in [-0.2, 0) is 28.2 Å². The van der Waals surface area contributed by atoms with E-state index in [1.807, 2.05) is 4.90 Å². The number of esters is 1. The molecular formula is C27H35ClF2N5O9P. The highest BCUT2D eigenvalue weighted by Gasteiger charge is 2.60. The number of aromatic nitrogens is 2. The third kappa shape index (κ3) is 8.44. The number of nitrogens with one attached hydrogen (secondary N) is 2. The number of hydrogen-bond donors (Lipinski definition) is 3. The first-order valence-corrected chi connectivity index (χ1v) is 16.0. The number of amides is 1. The minimum atomic E-state index is -4.53. The second-order valence-electron chi connectivity index (χ2n) is 11.0. The molecule has 0 saturated carbocycles. The molecule has 3 heterocycles. The summed E-state index contributed by atoms with van der Waals surface area (Å²) in [4.78, 5) is 42.9. The molecule has 18 heteroatoms. The molecule has 5 atom stereocenters. The number of halogens is 3. The lowest BCUT2D eigenvalue weighted by Gasteiger charge is -2.23. The maximum atomic E-state index is 15.2. The summed E-state index contributed by atoms with van der Waals surface area (Å²) in [6.45, 7) is 4.12. The molecule has 1 aromatic carbocycles. The van der Waals surface area contributed by atoms with Gasteiger partial charge >= 0.3 is 25.3 Å². The number of aryl methyl sites for hydroxylation is 1. The smallest absolute Gasteiger partial charge is 0.459 e. The van der Waals surface area contributed by atoms with Crippen LogP contribution in [0, 0.1) is 6.92 Å². The molecule has 2 fully saturated rings. The van der Waals surface area contributed by atoms with Crippen molar-refractivity contribution in [1.29, 1.82) is 0 Å². The maximum Gasteiger partial charge on any atom is 0.459 e. The Labute approximate surface area is 262 Å². The topological polar surface area (TPSA) is 171 Å². The van der Waals surface area contributed by atoms with E-state index in [1.165, 1.54) is 12.1 Å². The van der Waals surface area contributed by atoms with Crippen LogP contribution in [0.1, 0.15) is 38.5 Å². The average molecular weight is 678 g/mol. The summed E-state index contributed by atoms with van der Waals surface area (Å²) in [6.07, 6.45) is -4.74. The molecule has 2 aliphatic heterocycles. The van der Waals surface area contributed by atoms with Crippen molar-refractivity contribution in [2.75, 3.05) is 32.1 Å². The number of carbonyl (C=O) groups is 2. The van der Waals surface area contributed by atoms with Crippen LogP contribution < -0.4 is 20.6 Å². The fourth-order valence-electron chi connectivity index (χ4n) is 4.77.